The van der Waals surface area contributed by atoms with Crippen molar-refractivity contribution in [3.05, 3.63) is 65.7 Å². The van der Waals surface area contributed by atoms with Crippen molar-refractivity contribution in [2.24, 2.45) is 0 Å². The van der Waals surface area contributed by atoms with Gasteiger partial charge in [-0.3, -0.25) is 4.57 Å². The smallest absolute Gasteiger partial charge is 0.370 e. The summed E-state index contributed by atoms with van der Waals surface area (Å²) in [6.07, 6.45) is 0.161. The molecule has 0 N–H and O–H groups in total. The number of hydrogen-bond donors (Lipinski definition) is 0. The van der Waals surface area contributed by atoms with Gasteiger partial charge in [0.05, 0.1) is 12.7 Å². The van der Waals surface area contributed by atoms with Crippen molar-refractivity contribution in [2.45, 2.75) is 12.3 Å². The molecule has 2 aromatic rings. The van der Waals surface area contributed by atoms with Gasteiger partial charge < -0.3 is 18.5 Å². The maximum atomic E-state index is 12.8. The van der Waals surface area contributed by atoms with Gasteiger partial charge in [-0.25, -0.2) is 4.79 Å². The van der Waals surface area contributed by atoms with Crippen LogP contribution in [0.2, 0.25) is 0 Å². The predicted molar refractivity (Wildman–Crippen MR) is 94.0 cm³/mol. The van der Waals surface area contributed by atoms with E-state index >= 15 is 0 Å². The minimum absolute atomic E-state index is 0.161. The zero-order valence-electron chi connectivity index (χ0n) is 14.4. The number of hydrogen-bond acceptors (Lipinski definition) is 6. The second-order valence-electron chi connectivity index (χ2n) is 5.19. The molecular weight excluding hydrogens is 343 g/mol. The number of carbonyl (C=O) groups excluding carboxylic acids is 1. The van der Waals surface area contributed by atoms with Gasteiger partial charge >= 0.3 is 13.6 Å². The number of methoxy groups -OCH3 is 1. The highest BCUT2D eigenvalue weighted by atomic mass is 31.2. The third kappa shape index (κ3) is 4.92. The Bertz CT molecular complexity index is 738. The van der Waals surface area contributed by atoms with E-state index in [0.717, 1.165) is 5.56 Å². The molecular formula is C18H21O6P. The summed E-state index contributed by atoms with van der Waals surface area (Å²) in [5.74, 6) is -1.03. The van der Waals surface area contributed by atoms with Gasteiger partial charge in [0, 0.05) is 20.6 Å². The standard InChI is InChI=1S/C18H21O6P/c1-21-16-11-7-8-14(12-16)13-17(25(20,22-2)23-3)24-18(19)15-9-5-4-6-10-15/h4-12,17H,13H2,1-3H3/t17-/m0/s1. The summed E-state index contributed by atoms with van der Waals surface area (Å²) in [6, 6.07) is 15.7. The molecule has 0 amide bonds. The molecule has 0 heterocycles. The van der Waals surface area contributed by atoms with Crippen LogP contribution < -0.4 is 4.74 Å². The molecule has 2 aromatic carbocycles. The number of ether oxygens (including phenoxy) is 2. The van der Waals surface area contributed by atoms with E-state index in [-0.39, 0.29) is 6.42 Å². The van der Waals surface area contributed by atoms with Gasteiger partial charge in [-0.15, -0.1) is 0 Å². The van der Waals surface area contributed by atoms with Crippen molar-refractivity contribution in [3.8, 4) is 5.75 Å². The van der Waals surface area contributed by atoms with Crippen LogP contribution in [0.4, 0.5) is 0 Å². The average molecular weight is 364 g/mol. The highest BCUT2D eigenvalue weighted by molar-refractivity contribution is 7.54. The van der Waals surface area contributed by atoms with Crippen molar-refractivity contribution in [3.63, 3.8) is 0 Å². The topological polar surface area (TPSA) is 71.1 Å². The molecule has 1 atom stereocenters. The number of carbonyl (C=O) groups is 1. The predicted octanol–water partition coefficient (Wildman–Crippen LogP) is 3.91. The Balaban J connectivity index is 2.27. The number of rotatable bonds is 8. The van der Waals surface area contributed by atoms with E-state index in [2.05, 4.69) is 0 Å². The van der Waals surface area contributed by atoms with Gasteiger partial charge in [-0.2, -0.15) is 0 Å². The van der Waals surface area contributed by atoms with Crippen LogP contribution in [0.3, 0.4) is 0 Å². The summed E-state index contributed by atoms with van der Waals surface area (Å²) in [5.41, 5.74) is 1.14. The van der Waals surface area contributed by atoms with Gasteiger partial charge in [0.2, 0.25) is 5.85 Å². The molecule has 0 saturated heterocycles. The van der Waals surface area contributed by atoms with E-state index in [1.807, 2.05) is 6.07 Å². The minimum atomic E-state index is -3.64. The monoisotopic (exact) mass is 364 g/mol. The first-order valence-electron chi connectivity index (χ1n) is 7.62. The van der Waals surface area contributed by atoms with Crippen LogP contribution in [0.25, 0.3) is 0 Å². The van der Waals surface area contributed by atoms with Crippen LogP contribution in [0.15, 0.2) is 54.6 Å². The maximum Gasteiger partial charge on any atom is 0.370 e. The van der Waals surface area contributed by atoms with E-state index in [9.17, 15) is 9.36 Å². The first-order valence-corrected chi connectivity index (χ1v) is 9.23. The molecule has 7 heteroatoms. The van der Waals surface area contributed by atoms with Gasteiger partial charge in [0.15, 0.2) is 0 Å². The second kappa shape index (κ2) is 8.81. The Morgan fingerprint density at radius 1 is 1.00 bits per heavy atom. The third-order valence-corrected chi connectivity index (χ3v) is 5.67. The summed E-state index contributed by atoms with van der Waals surface area (Å²) in [5, 5.41) is 0. The van der Waals surface area contributed by atoms with Gasteiger partial charge in [0.25, 0.3) is 0 Å². The number of benzene rings is 2. The lowest BCUT2D eigenvalue weighted by Gasteiger charge is -2.24. The Hall–Kier alpha value is -2.14. The lowest BCUT2D eigenvalue weighted by atomic mass is 10.1. The molecule has 25 heavy (non-hydrogen) atoms. The fourth-order valence-corrected chi connectivity index (χ4v) is 3.57. The average Bonchev–Trinajstić information content (AvgIpc) is 2.67. The normalized spacial score (nSPS) is 12.4. The maximum absolute atomic E-state index is 12.8. The molecule has 0 aromatic heterocycles. The molecule has 0 fully saturated rings. The highest BCUT2D eigenvalue weighted by Gasteiger charge is 2.38. The Kier molecular flexibility index (Phi) is 6.76. The summed E-state index contributed by atoms with van der Waals surface area (Å²) >= 11 is 0. The molecule has 0 aliphatic rings. The molecule has 0 unspecified atom stereocenters. The minimum Gasteiger partial charge on any atom is -0.497 e. The SMILES string of the molecule is COc1cccc(C[C@@H](OC(=O)c2ccccc2)P(=O)(OC)OC)c1. The van der Waals surface area contributed by atoms with Crippen molar-refractivity contribution in [1.82, 2.24) is 0 Å². The summed E-state index contributed by atoms with van der Waals surface area (Å²) < 4.78 is 33.6. The zero-order valence-corrected chi connectivity index (χ0v) is 15.3. The number of esters is 1. The third-order valence-electron chi connectivity index (χ3n) is 3.66. The Morgan fingerprint density at radius 2 is 1.68 bits per heavy atom. The summed E-state index contributed by atoms with van der Waals surface area (Å²) in [7, 11) is 0.444. The van der Waals surface area contributed by atoms with Gasteiger partial charge in [0.1, 0.15) is 5.75 Å². The lowest BCUT2D eigenvalue weighted by molar-refractivity contribution is 0.0385. The molecule has 0 radical (unpaired) electrons. The fraction of sp³-hybridized carbons (Fsp3) is 0.278. The molecule has 0 aliphatic heterocycles. The van der Waals surface area contributed by atoms with Gasteiger partial charge in [-0.1, -0.05) is 30.3 Å². The zero-order chi connectivity index (χ0) is 18.3. The van der Waals surface area contributed by atoms with Crippen LogP contribution in [0, 0.1) is 0 Å². The van der Waals surface area contributed by atoms with Crippen LogP contribution in [-0.2, 0) is 24.8 Å². The molecule has 134 valence electrons. The van der Waals surface area contributed by atoms with E-state index in [1.54, 1.807) is 55.6 Å². The van der Waals surface area contributed by atoms with Gasteiger partial charge in [-0.05, 0) is 29.8 Å². The van der Waals surface area contributed by atoms with Crippen LogP contribution in [-0.4, -0.2) is 33.1 Å². The Labute approximate surface area is 147 Å². The summed E-state index contributed by atoms with van der Waals surface area (Å²) in [4.78, 5) is 12.4. The fourth-order valence-electron chi connectivity index (χ4n) is 2.29. The van der Waals surface area contributed by atoms with Crippen molar-refractivity contribution in [2.75, 3.05) is 21.3 Å². The van der Waals surface area contributed by atoms with E-state index < -0.39 is 19.4 Å². The first kappa shape index (κ1) is 19.2. The van der Waals surface area contributed by atoms with Crippen molar-refractivity contribution < 1.29 is 27.9 Å². The second-order valence-corrected chi connectivity index (χ2v) is 7.57. The van der Waals surface area contributed by atoms with Crippen LogP contribution >= 0.6 is 7.60 Å². The van der Waals surface area contributed by atoms with Crippen LogP contribution in [0.5, 0.6) is 5.75 Å². The van der Waals surface area contributed by atoms with E-state index in [0.29, 0.717) is 11.3 Å². The quantitative estimate of drug-likeness (QED) is 0.522. The molecule has 0 saturated carbocycles. The Morgan fingerprint density at radius 3 is 2.28 bits per heavy atom. The molecule has 0 aliphatic carbocycles. The molecule has 0 spiro atoms. The van der Waals surface area contributed by atoms with E-state index in [1.165, 1.54) is 14.2 Å². The molecule has 2 rings (SSSR count). The van der Waals surface area contributed by atoms with E-state index in [4.69, 9.17) is 18.5 Å². The summed E-state index contributed by atoms with van der Waals surface area (Å²) in [6.45, 7) is 0. The molecule has 0 bridgehead atoms. The molecule has 6 nitrogen and oxygen atoms in total. The van der Waals surface area contributed by atoms with Crippen LogP contribution in [0.1, 0.15) is 15.9 Å². The van der Waals surface area contributed by atoms with Crippen molar-refractivity contribution >= 4 is 13.6 Å². The first-order chi connectivity index (χ1) is 12.0. The largest absolute Gasteiger partial charge is 0.497 e. The highest BCUT2D eigenvalue weighted by Crippen LogP contribution is 2.53. The lowest BCUT2D eigenvalue weighted by Crippen LogP contribution is -2.22. The van der Waals surface area contributed by atoms with Crippen molar-refractivity contribution in [1.29, 1.82) is 0 Å².